The normalized spacial score (nSPS) is 14.1. The van der Waals surface area contributed by atoms with Gasteiger partial charge in [-0.15, -0.1) is 0 Å². The molecular formula is C26H20N2O8S. The molecule has 1 saturated heterocycles. The number of nitro benzene ring substituents is 1. The highest BCUT2D eigenvalue weighted by atomic mass is 32.2. The van der Waals surface area contributed by atoms with Crippen molar-refractivity contribution in [1.29, 1.82) is 0 Å². The van der Waals surface area contributed by atoms with Crippen LogP contribution in [0.3, 0.4) is 0 Å². The molecule has 3 aromatic rings. The van der Waals surface area contributed by atoms with E-state index in [1.165, 1.54) is 44.6 Å². The van der Waals surface area contributed by atoms with Gasteiger partial charge in [0.05, 0.1) is 36.2 Å². The van der Waals surface area contributed by atoms with Crippen LogP contribution >= 0.6 is 11.8 Å². The second-order valence-corrected chi connectivity index (χ2v) is 8.71. The van der Waals surface area contributed by atoms with Crippen molar-refractivity contribution in [3.8, 4) is 17.2 Å². The Morgan fingerprint density at radius 2 is 1.68 bits per heavy atom. The Bertz CT molecular complexity index is 1400. The Balaban J connectivity index is 1.48. The molecule has 11 heteroatoms. The molecule has 10 nitrogen and oxygen atoms in total. The largest absolute Gasteiger partial charge is 0.497 e. The summed E-state index contributed by atoms with van der Waals surface area (Å²) in [5, 5.41) is 10.4. The standard InChI is InChI=1S/C26H20N2O8S/c1-34-20-10-6-18(7-11-20)25(30)36-21-12-5-17(13-22(21)35-2)14-23-24(29)27(26(31)37-23)15-16-3-8-19(9-4-16)28(32)33/h3-14H,15H2,1-2H3/b23-14-. The summed E-state index contributed by atoms with van der Waals surface area (Å²) < 4.78 is 15.9. The van der Waals surface area contributed by atoms with E-state index in [4.69, 9.17) is 14.2 Å². The summed E-state index contributed by atoms with van der Waals surface area (Å²) in [6.07, 6.45) is 1.54. The van der Waals surface area contributed by atoms with E-state index < -0.39 is 22.0 Å². The first-order chi connectivity index (χ1) is 17.8. The molecule has 2 amide bonds. The number of ether oxygens (including phenoxy) is 3. The number of imide groups is 1. The van der Waals surface area contributed by atoms with E-state index >= 15 is 0 Å². The number of thioether (sulfide) groups is 1. The summed E-state index contributed by atoms with van der Waals surface area (Å²) >= 11 is 0.786. The third-order valence-corrected chi connectivity index (χ3v) is 6.28. The van der Waals surface area contributed by atoms with Crippen LogP contribution in [0.5, 0.6) is 17.2 Å². The van der Waals surface area contributed by atoms with Crippen molar-refractivity contribution in [3.05, 3.63) is 98.4 Å². The third kappa shape index (κ3) is 5.78. The van der Waals surface area contributed by atoms with Gasteiger partial charge in [-0.1, -0.05) is 18.2 Å². The number of nitrogens with zero attached hydrogens (tertiary/aromatic N) is 2. The van der Waals surface area contributed by atoms with E-state index in [0.717, 1.165) is 16.7 Å². The maximum atomic E-state index is 12.9. The van der Waals surface area contributed by atoms with E-state index in [1.807, 2.05) is 0 Å². The van der Waals surface area contributed by atoms with Crippen LogP contribution in [0.4, 0.5) is 10.5 Å². The van der Waals surface area contributed by atoms with Crippen LogP contribution in [0.15, 0.2) is 71.6 Å². The number of esters is 1. The number of nitro groups is 1. The second kappa shape index (κ2) is 11.0. The van der Waals surface area contributed by atoms with Crippen LogP contribution in [0, 0.1) is 10.1 Å². The minimum absolute atomic E-state index is 0.0103. The Morgan fingerprint density at radius 3 is 2.30 bits per heavy atom. The molecule has 37 heavy (non-hydrogen) atoms. The smallest absolute Gasteiger partial charge is 0.343 e. The summed E-state index contributed by atoms with van der Waals surface area (Å²) in [5.74, 6) is -0.00787. The summed E-state index contributed by atoms with van der Waals surface area (Å²) in [5.41, 5.74) is 1.39. The Morgan fingerprint density at radius 1 is 0.973 bits per heavy atom. The summed E-state index contributed by atoms with van der Waals surface area (Å²) in [7, 11) is 2.95. The summed E-state index contributed by atoms with van der Waals surface area (Å²) in [6, 6.07) is 16.8. The van der Waals surface area contributed by atoms with Crippen molar-refractivity contribution < 1.29 is 33.5 Å². The van der Waals surface area contributed by atoms with E-state index in [9.17, 15) is 24.5 Å². The molecule has 3 aromatic carbocycles. The highest BCUT2D eigenvalue weighted by molar-refractivity contribution is 8.18. The number of benzene rings is 3. The fourth-order valence-corrected chi connectivity index (χ4v) is 4.28. The van der Waals surface area contributed by atoms with Crippen molar-refractivity contribution in [2.75, 3.05) is 14.2 Å². The molecule has 0 aromatic heterocycles. The van der Waals surface area contributed by atoms with Gasteiger partial charge in [0.1, 0.15) is 5.75 Å². The summed E-state index contributed by atoms with van der Waals surface area (Å²) in [6.45, 7) is -0.0103. The number of hydrogen-bond acceptors (Lipinski definition) is 9. The zero-order valence-corrected chi connectivity index (χ0v) is 20.5. The van der Waals surface area contributed by atoms with Crippen LogP contribution in [0.2, 0.25) is 0 Å². The van der Waals surface area contributed by atoms with Gasteiger partial charge >= 0.3 is 5.97 Å². The minimum Gasteiger partial charge on any atom is -0.497 e. The number of hydrogen-bond donors (Lipinski definition) is 0. The number of carbonyl (C=O) groups excluding carboxylic acids is 3. The van der Waals surface area contributed by atoms with Gasteiger partial charge in [0.25, 0.3) is 16.8 Å². The lowest BCUT2D eigenvalue weighted by atomic mass is 10.1. The maximum absolute atomic E-state index is 12.9. The lowest BCUT2D eigenvalue weighted by molar-refractivity contribution is -0.384. The van der Waals surface area contributed by atoms with Gasteiger partial charge < -0.3 is 14.2 Å². The lowest BCUT2D eigenvalue weighted by Crippen LogP contribution is -2.27. The maximum Gasteiger partial charge on any atom is 0.343 e. The number of carbonyl (C=O) groups is 3. The van der Waals surface area contributed by atoms with Gasteiger partial charge in [0.2, 0.25) is 0 Å². The molecule has 4 rings (SSSR count). The predicted octanol–water partition coefficient (Wildman–Crippen LogP) is 5.07. The van der Waals surface area contributed by atoms with E-state index in [1.54, 1.807) is 42.5 Å². The van der Waals surface area contributed by atoms with Crippen LogP contribution in [-0.4, -0.2) is 41.2 Å². The monoisotopic (exact) mass is 520 g/mol. The van der Waals surface area contributed by atoms with Gasteiger partial charge in [-0.3, -0.25) is 24.6 Å². The zero-order valence-electron chi connectivity index (χ0n) is 19.7. The molecule has 1 heterocycles. The Kier molecular flexibility index (Phi) is 7.54. The molecule has 0 radical (unpaired) electrons. The molecule has 188 valence electrons. The van der Waals surface area contributed by atoms with E-state index in [2.05, 4.69) is 0 Å². The average molecular weight is 521 g/mol. The molecule has 1 fully saturated rings. The second-order valence-electron chi connectivity index (χ2n) is 7.72. The summed E-state index contributed by atoms with van der Waals surface area (Å²) in [4.78, 5) is 49.4. The van der Waals surface area contributed by atoms with Crippen molar-refractivity contribution in [2.45, 2.75) is 6.54 Å². The van der Waals surface area contributed by atoms with Crippen LogP contribution in [-0.2, 0) is 11.3 Å². The topological polar surface area (TPSA) is 125 Å². The number of rotatable bonds is 8. The molecule has 0 aliphatic carbocycles. The Labute approximate surface area is 215 Å². The molecule has 0 spiro atoms. The fraction of sp³-hybridized carbons (Fsp3) is 0.115. The quantitative estimate of drug-likeness (QED) is 0.132. The molecule has 0 unspecified atom stereocenters. The zero-order chi connectivity index (χ0) is 26.5. The van der Waals surface area contributed by atoms with Crippen LogP contribution in [0.25, 0.3) is 6.08 Å². The van der Waals surface area contributed by atoms with Crippen LogP contribution in [0.1, 0.15) is 21.5 Å². The molecule has 0 bridgehead atoms. The first-order valence-corrected chi connectivity index (χ1v) is 11.6. The first kappa shape index (κ1) is 25.5. The average Bonchev–Trinajstić information content (AvgIpc) is 3.16. The molecule has 1 aliphatic rings. The fourth-order valence-electron chi connectivity index (χ4n) is 3.44. The van der Waals surface area contributed by atoms with Crippen LogP contribution < -0.4 is 14.2 Å². The molecular weight excluding hydrogens is 500 g/mol. The minimum atomic E-state index is -0.582. The van der Waals surface area contributed by atoms with E-state index in [-0.39, 0.29) is 28.6 Å². The van der Waals surface area contributed by atoms with Gasteiger partial charge in [0.15, 0.2) is 11.5 Å². The van der Waals surface area contributed by atoms with Gasteiger partial charge in [-0.2, -0.15) is 0 Å². The van der Waals surface area contributed by atoms with E-state index in [0.29, 0.717) is 22.4 Å². The van der Waals surface area contributed by atoms with Gasteiger partial charge in [0, 0.05) is 12.1 Å². The molecule has 0 atom stereocenters. The van der Waals surface area contributed by atoms with Crippen molar-refractivity contribution in [1.82, 2.24) is 4.90 Å². The highest BCUT2D eigenvalue weighted by Crippen LogP contribution is 2.35. The highest BCUT2D eigenvalue weighted by Gasteiger charge is 2.35. The number of non-ortho nitro benzene ring substituents is 1. The third-order valence-electron chi connectivity index (χ3n) is 5.38. The van der Waals surface area contributed by atoms with Gasteiger partial charge in [-0.05, 0) is 65.4 Å². The molecule has 0 saturated carbocycles. The first-order valence-electron chi connectivity index (χ1n) is 10.8. The Hall–Kier alpha value is -4.64. The number of methoxy groups -OCH3 is 2. The van der Waals surface area contributed by atoms with Crippen molar-refractivity contribution in [2.24, 2.45) is 0 Å². The SMILES string of the molecule is COc1ccc(C(=O)Oc2ccc(/C=C3\SC(=O)N(Cc4ccc([N+](=O)[O-])cc4)C3=O)cc2OC)cc1. The number of amides is 2. The predicted molar refractivity (Wildman–Crippen MR) is 136 cm³/mol. The van der Waals surface area contributed by atoms with Crippen molar-refractivity contribution >= 4 is 40.6 Å². The molecule has 1 aliphatic heterocycles. The van der Waals surface area contributed by atoms with Crippen molar-refractivity contribution in [3.63, 3.8) is 0 Å². The molecule has 0 N–H and O–H groups in total. The van der Waals surface area contributed by atoms with Gasteiger partial charge in [-0.25, -0.2) is 4.79 Å². The lowest BCUT2D eigenvalue weighted by Gasteiger charge is -2.12.